The van der Waals surface area contributed by atoms with Gasteiger partial charge >= 0.3 is 0 Å². The molecule has 0 radical (unpaired) electrons. The summed E-state index contributed by atoms with van der Waals surface area (Å²) in [6, 6.07) is 7.50. The zero-order chi connectivity index (χ0) is 21.1. The molecule has 1 aliphatic carbocycles. The number of fused-ring (bicyclic) bond motifs is 4. The Kier molecular flexibility index (Phi) is 4.24. The molecule has 3 aliphatic rings. The topological polar surface area (TPSA) is 75.3 Å². The maximum atomic E-state index is 14.1. The van der Waals surface area contributed by atoms with Crippen molar-refractivity contribution in [3.63, 3.8) is 0 Å². The summed E-state index contributed by atoms with van der Waals surface area (Å²) in [7, 11) is 4.82. The van der Waals surface area contributed by atoms with Crippen LogP contribution >= 0.6 is 0 Å². The minimum atomic E-state index is -1.10. The van der Waals surface area contributed by atoms with E-state index in [1.165, 1.54) is 0 Å². The first-order valence-corrected chi connectivity index (χ1v) is 10.1. The van der Waals surface area contributed by atoms with Crippen LogP contribution in [0.2, 0.25) is 0 Å². The van der Waals surface area contributed by atoms with E-state index in [-0.39, 0.29) is 12.6 Å². The Balaban J connectivity index is 1.85. The van der Waals surface area contributed by atoms with E-state index >= 15 is 0 Å². The first-order valence-electron chi connectivity index (χ1n) is 10.1. The smallest absolute Gasteiger partial charge is 0.231 e. The summed E-state index contributed by atoms with van der Waals surface area (Å²) in [5.41, 5.74) is 1.13. The van der Waals surface area contributed by atoms with Crippen molar-refractivity contribution < 1.29 is 28.5 Å². The van der Waals surface area contributed by atoms with Crippen LogP contribution in [-0.4, -0.2) is 40.5 Å². The van der Waals surface area contributed by atoms with Crippen LogP contribution in [0.5, 0.6) is 23.0 Å². The van der Waals surface area contributed by atoms with Gasteiger partial charge in [0.05, 0.1) is 14.2 Å². The average molecular weight is 411 g/mol. The summed E-state index contributed by atoms with van der Waals surface area (Å²) >= 11 is 0. The highest BCUT2D eigenvalue weighted by Crippen LogP contribution is 2.60. The van der Waals surface area contributed by atoms with E-state index in [0.717, 1.165) is 23.1 Å². The fourth-order valence-electron chi connectivity index (χ4n) is 5.51. The van der Waals surface area contributed by atoms with Crippen molar-refractivity contribution in [2.45, 2.75) is 30.9 Å². The summed E-state index contributed by atoms with van der Waals surface area (Å²) < 4.78 is 28.8. The fraction of sp³-hybridized carbons (Fsp3) is 0.435. The highest BCUT2D eigenvalue weighted by Gasteiger charge is 2.67. The molecular formula is C23H25NO6. The van der Waals surface area contributed by atoms with Crippen LogP contribution in [0.3, 0.4) is 0 Å². The van der Waals surface area contributed by atoms with E-state index in [1.807, 2.05) is 19.1 Å². The molecule has 0 saturated heterocycles. The molecule has 0 aromatic heterocycles. The van der Waals surface area contributed by atoms with E-state index < -0.39 is 11.1 Å². The molecule has 7 nitrogen and oxygen atoms in total. The van der Waals surface area contributed by atoms with Gasteiger partial charge in [-0.2, -0.15) is 0 Å². The van der Waals surface area contributed by atoms with Crippen LogP contribution in [0.15, 0.2) is 24.3 Å². The maximum Gasteiger partial charge on any atom is 0.231 e. The van der Waals surface area contributed by atoms with Gasteiger partial charge in [0.1, 0.15) is 11.1 Å². The Morgan fingerprint density at radius 1 is 1.10 bits per heavy atom. The number of ketones is 1. The van der Waals surface area contributed by atoms with Crippen LogP contribution < -0.4 is 24.3 Å². The van der Waals surface area contributed by atoms with E-state index in [0.29, 0.717) is 41.5 Å². The molecule has 0 saturated carbocycles. The van der Waals surface area contributed by atoms with Gasteiger partial charge in [-0.1, -0.05) is 6.92 Å². The summed E-state index contributed by atoms with van der Waals surface area (Å²) in [6.07, 6.45) is 1.33. The Labute approximate surface area is 175 Å². The van der Waals surface area contributed by atoms with Crippen LogP contribution in [0.25, 0.3) is 0 Å². The molecule has 0 bridgehead atoms. The zero-order valence-electron chi connectivity index (χ0n) is 17.6. The number of ether oxygens (including phenoxy) is 5. The van der Waals surface area contributed by atoms with Gasteiger partial charge in [-0.25, -0.2) is 0 Å². The SMILES string of the molecule is CC[C@@]1(OC)c2c(ccc(OC)c2OC)C(=O)[C@]12NCCc1cc3c(cc12)OCO3. The van der Waals surface area contributed by atoms with Crippen molar-refractivity contribution in [3.8, 4) is 23.0 Å². The Morgan fingerprint density at radius 2 is 1.87 bits per heavy atom. The molecular weight excluding hydrogens is 386 g/mol. The van der Waals surface area contributed by atoms with Gasteiger partial charge in [-0.05, 0) is 48.2 Å². The average Bonchev–Trinajstić information content (AvgIpc) is 3.32. The van der Waals surface area contributed by atoms with E-state index in [2.05, 4.69) is 5.32 Å². The monoisotopic (exact) mass is 411 g/mol. The number of nitrogens with one attached hydrogen (secondary N) is 1. The molecule has 2 aromatic carbocycles. The van der Waals surface area contributed by atoms with Crippen molar-refractivity contribution in [3.05, 3.63) is 46.5 Å². The number of methoxy groups -OCH3 is 3. The number of Topliss-reactive ketones (excluding diaryl/α,β-unsaturated/α-hetero) is 1. The van der Waals surface area contributed by atoms with Crippen molar-refractivity contribution in [2.24, 2.45) is 0 Å². The molecule has 0 unspecified atom stereocenters. The minimum Gasteiger partial charge on any atom is -0.493 e. The third-order valence-electron chi connectivity index (χ3n) is 6.77. The molecule has 2 heterocycles. The van der Waals surface area contributed by atoms with Gasteiger partial charge in [-0.3, -0.25) is 10.1 Å². The normalized spacial score (nSPS) is 25.9. The number of carbonyl (C=O) groups is 1. The number of hydrogen-bond donors (Lipinski definition) is 1. The maximum absolute atomic E-state index is 14.1. The fourth-order valence-corrected chi connectivity index (χ4v) is 5.51. The molecule has 1 N–H and O–H groups in total. The predicted octanol–water partition coefficient (Wildman–Crippen LogP) is 2.92. The third-order valence-corrected chi connectivity index (χ3v) is 6.77. The van der Waals surface area contributed by atoms with Gasteiger partial charge in [0.2, 0.25) is 6.79 Å². The van der Waals surface area contributed by atoms with Crippen LogP contribution in [0, 0.1) is 0 Å². The summed E-state index contributed by atoms with van der Waals surface area (Å²) in [5.74, 6) is 2.41. The van der Waals surface area contributed by atoms with Gasteiger partial charge < -0.3 is 23.7 Å². The number of hydrogen-bond acceptors (Lipinski definition) is 7. The van der Waals surface area contributed by atoms with Gasteiger partial charge in [-0.15, -0.1) is 0 Å². The highest BCUT2D eigenvalue weighted by molar-refractivity contribution is 6.11. The van der Waals surface area contributed by atoms with Gasteiger partial charge in [0, 0.05) is 24.8 Å². The lowest BCUT2D eigenvalue weighted by molar-refractivity contribution is -0.0800. The van der Waals surface area contributed by atoms with E-state index in [4.69, 9.17) is 23.7 Å². The molecule has 2 aromatic rings. The van der Waals surface area contributed by atoms with Crippen molar-refractivity contribution in [1.82, 2.24) is 5.32 Å². The lowest BCUT2D eigenvalue weighted by Crippen LogP contribution is -2.62. The zero-order valence-corrected chi connectivity index (χ0v) is 17.6. The van der Waals surface area contributed by atoms with Gasteiger partial charge in [0.15, 0.2) is 28.8 Å². The van der Waals surface area contributed by atoms with E-state index in [1.54, 1.807) is 33.5 Å². The van der Waals surface area contributed by atoms with E-state index in [9.17, 15) is 4.79 Å². The predicted molar refractivity (Wildman–Crippen MR) is 109 cm³/mol. The second-order valence-corrected chi connectivity index (χ2v) is 7.73. The number of rotatable bonds is 4. The van der Waals surface area contributed by atoms with Gasteiger partial charge in [0.25, 0.3) is 0 Å². The molecule has 158 valence electrons. The summed E-state index contributed by atoms with van der Waals surface area (Å²) in [4.78, 5) is 14.1. The van der Waals surface area contributed by atoms with Crippen LogP contribution in [-0.2, 0) is 22.3 Å². The molecule has 1 spiro atoms. The first-order chi connectivity index (χ1) is 14.6. The second-order valence-electron chi connectivity index (χ2n) is 7.73. The number of carbonyl (C=O) groups excluding carboxylic acids is 1. The molecule has 2 aliphatic heterocycles. The Hall–Kier alpha value is -2.77. The van der Waals surface area contributed by atoms with Crippen molar-refractivity contribution >= 4 is 5.78 Å². The summed E-state index contributed by atoms with van der Waals surface area (Å²) in [6.45, 7) is 2.84. The first kappa shape index (κ1) is 19.2. The third kappa shape index (κ3) is 2.09. The Morgan fingerprint density at radius 3 is 2.53 bits per heavy atom. The van der Waals surface area contributed by atoms with Crippen LogP contribution in [0.4, 0.5) is 0 Å². The number of benzene rings is 2. The molecule has 2 atom stereocenters. The molecule has 0 fully saturated rings. The summed E-state index contributed by atoms with van der Waals surface area (Å²) in [5, 5.41) is 3.55. The molecule has 7 heteroatoms. The standard InChI is InChI=1S/C23H25NO6/c1-5-22(28-4)19-14(6-7-16(26-2)20(19)27-3)21(25)23(22)15-11-18-17(29-12-30-18)10-13(15)8-9-24-23/h6-7,10-11,24H,5,8-9,12H2,1-4H3/t22-,23+/m1/s1. The highest BCUT2D eigenvalue weighted by atomic mass is 16.7. The second kappa shape index (κ2) is 6.62. The quantitative estimate of drug-likeness (QED) is 0.829. The van der Waals surface area contributed by atoms with Crippen molar-refractivity contribution in [1.29, 1.82) is 0 Å². The van der Waals surface area contributed by atoms with Crippen LogP contribution in [0.1, 0.15) is 40.4 Å². The lowest BCUT2D eigenvalue weighted by Gasteiger charge is -2.47. The molecule has 30 heavy (non-hydrogen) atoms. The molecule has 5 rings (SSSR count). The lowest BCUT2D eigenvalue weighted by atomic mass is 9.69. The minimum absolute atomic E-state index is 0.0398. The molecule has 0 amide bonds. The largest absolute Gasteiger partial charge is 0.493 e. The van der Waals surface area contributed by atoms with Crippen molar-refractivity contribution in [2.75, 3.05) is 34.7 Å². The Bertz CT molecular complexity index is 1040.